The van der Waals surface area contributed by atoms with Gasteiger partial charge in [-0.2, -0.15) is 0 Å². The average Bonchev–Trinajstić information content (AvgIpc) is 0. The first kappa shape index (κ1) is 48.8. The van der Waals surface area contributed by atoms with Gasteiger partial charge in [-0.05, 0) is 0 Å². The third-order valence-corrected chi connectivity index (χ3v) is 0. The standard InChI is InChI=1S/Al.Co.Cr.Fe.Mn.3H. The average molecular weight is 252 g/mol. The molecule has 0 bridgehead atoms. The fourth-order valence-corrected chi connectivity index (χ4v) is 0. The molecule has 0 saturated carbocycles. The zero-order valence-corrected chi connectivity index (χ0v) is 6.07. The monoisotopic (exact) mass is 252 g/mol. The van der Waals surface area contributed by atoms with Crippen molar-refractivity contribution in [3.05, 3.63) is 0 Å². The first-order valence-corrected chi connectivity index (χ1v) is 0. The van der Waals surface area contributed by atoms with E-state index in [2.05, 4.69) is 0 Å². The largest absolute Gasteiger partial charge is 0.187 e. The van der Waals surface area contributed by atoms with E-state index >= 15 is 0 Å². The van der Waals surface area contributed by atoms with Crippen LogP contribution in [-0.4, -0.2) is 17.4 Å². The van der Waals surface area contributed by atoms with E-state index in [0.29, 0.717) is 0 Å². The Morgan fingerprint density at radius 1 is 1.00 bits per heavy atom. The molecular weight excluding hydrogens is 249 g/mol. The minimum absolute atomic E-state index is 0. The fraction of sp³-hybridized carbons (Fsp3) is 0. The van der Waals surface area contributed by atoms with E-state index in [1.807, 2.05) is 0 Å². The minimum Gasteiger partial charge on any atom is 0 e. The van der Waals surface area contributed by atoms with Gasteiger partial charge in [-0.15, -0.1) is 0 Å². The SMILES string of the molecule is [AlH3].[Co].[Cr].[Fe].[Mn]. The molecule has 36 valence electrons. The van der Waals surface area contributed by atoms with Crippen LogP contribution in [0.3, 0.4) is 0 Å². The summed E-state index contributed by atoms with van der Waals surface area (Å²) in [4.78, 5) is 0. The second-order valence-electron chi connectivity index (χ2n) is 0. The van der Waals surface area contributed by atoms with E-state index < -0.39 is 0 Å². The molecule has 5 heavy (non-hydrogen) atoms. The van der Waals surface area contributed by atoms with Gasteiger partial charge in [-0.25, -0.2) is 0 Å². The smallest absolute Gasteiger partial charge is 0 e. The zero-order chi connectivity index (χ0) is 0. The molecule has 2 radical (unpaired) electrons. The van der Waals surface area contributed by atoms with Crippen molar-refractivity contribution in [2.45, 2.75) is 0 Å². The molecule has 0 aromatic heterocycles. The van der Waals surface area contributed by atoms with Crippen LogP contribution in [0.4, 0.5) is 0 Å². The van der Waals surface area contributed by atoms with Crippen LogP contribution in [0.1, 0.15) is 0 Å². The van der Waals surface area contributed by atoms with Crippen molar-refractivity contribution in [2.24, 2.45) is 0 Å². The summed E-state index contributed by atoms with van der Waals surface area (Å²) < 4.78 is 0. The normalized spacial score (nSPS) is 0. The topological polar surface area (TPSA) is 0 Å². The predicted molar refractivity (Wildman–Crippen MR) is 9.94 cm³/mol. The van der Waals surface area contributed by atoms with E-state index in [-0.39, 0.29) is 85.6 Å². The van der Waals surface area contributed by atoms with Crippen molar-refractivity contribution in [2.75, 3.05) is 0 Å². The van der Waals surface area contributed by atoms with Crippen LogP contribution in [0.2, 0.25) is 0 Å². The van der Waals surface area contributed by atoms with Crippen molar-refractivity contribution in [1.29, 1.82) is 0 Å². The molecule has 0 aliphatic heterocycles. The molecule has 0 rings (SSSR count). The van der Waals surface area contributed by atoms with Crippen LogP contribution in [0, 0.1) is 0 Å². The van der Waals surface area contributed by atoms with Gasteiger partial charge in [0.1, 0.15) is 0 Å². The molecule has 0 amide bonds. The summed E-state index contributed by atoms with van der Waals surface area (Å²) in [6, 6.07) is 0. The van der Waals surface area contributed by atoms with Gasteiger partial charge in [-0.3, -0.25) is 0 Å². The molecule has 0 nitrogen and oxygen atoms in total. The van der Waals surface area contributed by atoms with Crippen LogP contribution >= 0.6 is 0 Å². The predicted octanol–water partition coefficient (Wildman–Crippen LogP) is -1.19. The quantitative estimate of drug-likeness (QED) is 0.475. The first-order valence-electron chi connectivity index (χ1n) is 0. The van der Waals surface area contributed by atoms with Crippen molar-refractivity contribution >= 4 is 17.4 Å². The first-order chi connectivity index (χ1) is 0. The molecule has 0 unspecified atom stereocenters. The van der Waals surface area contributed by atoms with E-state index in [9.17, 15) is 0 Å². The Balaban J connectivity index is 0. The molecule has 0 aromatic rings. The summed E-state index contributed by atoms with van der Waals surface area (Å²) in [7, 11) is 0. The van der Waals surface area contributed by atoms with Gasteiger partial charge in [0.25, 0.3) is 0 Å². The molecule has 0 fully saturated rings. The molecule has 0 atom stereocenters. The molecule has 0 saturated heterocycles. The molecule has 0 spiro atoms. The van der Waals surface area contributed by atoms with Crippen molar-refractivity contribution in [3.63, 3.8) is 0 Å². The Morgan fingerprint density at radius 3 is 1.00 bits per heavy atom. The van der Waals surface area contributed by atoms with Gasteiger partial charge in [0.2, 0.25) is 0 Å². The van der Waals surface area contributed by atoms with Crippen LogP contribution in [-0.2, 0) is 68.3 Å². The summed E-state index contributed by atoms with van der Waals surface area (Å²) in [6.07, 6.45) is 0. The van der Waals surface area contributed by atoms with Crippen LogP contribution < -0.4 is 0 Å². The van der Waals surface area contributed by atoms with Crippen molar-refractivity contribution in [3.8, 4) is 0 Å². The third-order valence-electron chi connectivity index (χ3n) is 0. The van der Waals surface area contributed by atoms with Crippen molar-refractivity contribution in [1.82, 2.24) is 0 Å². The molecule has 0 N–H and O–H groups in total. The minimum atomic E-state index is 0. The van der Waals surface area contributed by atoms with Gasteiger partial charge >= 0.3 is 0 Å². The molecular formula is H3AlCoCrFeMn. The Hall–Kier alpha value is 2.61. The number of rotatable bonds is 0. The Kier molecular flexibility index (Phi) is 298. The number of hydrogen-bond acceptors (Lipinski definition) is 0. The number of hydrogen-bond donors (Lipinski definition) is 0. The summed E-state index contributed by atoms with van der Waals surface area (Å²) in [5, 5.41) is 0. The maximum atomic E-state index is 0. The fourth-order valence-electron chi connectivity index (χ4n) is 0. The zero-order valence-electron chi connectivity index (χ0n) is 1.47. The van der Waals surface area contributed by atoms with E-state index in [4.69, 9.17) is 0 Å². The summed E-state index contributed by atoms with van der Waals surface area (Å²) in [5.74, 6) is 0. The maximum Gasteiger partial charge on any atom is 0.187 e. The van der Waals surface area contributed by atoms with Gasteiger partial charge in [0.15, 0.2) is 17.4 Å². The second-order valence-corrected chi connectivity index (χ2v) is 0. The molecule has 0 aromatic carbocycles. The molecule has 0 aliphatic carbocycles. The van der Waals surface area contributed by atoms with E-state index in [0.717, 1.165) is 0 Å². The molecule has 0 aliphatic rings. The molecule has 5 heteroatoms. The van der Waals surface area contributed by atoms with Gasteiger partial charge in [0, 0.05) is 68.3 Å². The Bertz CT molecular complexity index is 11.6. The van der Waals surface area contributed by atoms with E-state index in [1.54, 1.807) is 0 Å². The van der Waals surface area contributed by atoms with E-state index in [1.165, 1.54) is 0 Å². The van der Waals surface area contributed by atoms with Crippen LogP contribution in [0.5, 0.6) is 0 Å². The maximum absolute atomic E-state index is 0. The molecule has 0 heterocycles. The van der Waals surface area contributed by atoms with Crippen molar-refractivity contribution < 1.29 is 68.3 Å². The van der Waals surface area contributed by atoms with Gasteiger partial charge in [0.05, 0.1) is 0 Å². The summed E-state index contributed by atoms with van der Waals surface area (Å²) in [6.45, 7) is 0. The van der Waals surface area contributed by atoms with Crippen LogP contribution in [0.25, 0.3) is 0 Å². The summed E-state index contributed by atoms with van der Waals surface area (Å²) >= 11 is 0. The Morgan fingerprint density at radius 2 is 1.00 bits per heavy atom. The van der Waals surface area contributed by atoms with Gasteiger partial charge < -0.3 is 0 Å². The Labute approximate surface area is 84.6 Å². The van der Waals surface area contributed by atoms with Crippen LogP contribution in [0.15, 0.2) is 0 Å². The van der Waals surface area contributed by atoms with Gasteiger partial charge in [-0.1, -0.05) is 0 Å². The second kappa shape index (κ2) is 30.5. The third kappa shape index (κ3) is 20.6. The summed E-state index contributed by atoms with van der Waals surface area (Å²) in [5.41, 5.74) is 0.